The lowest BCUT2D eigenvalue weighted by Gasteiger charge is -2.44. The van der Waals surface area contributed by atoms with Gasteiger partial charge < -0.3 is 19.8 Å². The maximum atomic E-state index is 13.0. The van der Waals surface area contributed by atoms with Crippen LogP contribution in [0.2, 0.25) is 0 Å². The molecule has 2 aromatic rings. The molecule has 0 bridgehead atoms. The van der Waals surface area contributed by atoms with Crippen LogP contribution in [0.4, 0.5) is 0 Å². The molecule has 0 aromatic heterocycles. The van der Waals surface area contributed by atoms with E-state index in [1.807, 2.05) is 17.9 Å². The van der Waals surface area contributed by atoms with Crippen LogP contribution in [-0.4, -0.2) is 77.9 Å². The summed E-state index contributed by atoms with van der Waals surface area (Å²) in [7, 11) is 5.16. The number of likely N-dealkylation sites (tertiary alicyclic amines) is 1. The Morgan fingerprint density at radius 2 is 1.76 bits per heavy atom. The van der Waals surface area contributed by atoms with Crippen molar-refractivity contribution in [2.75, 3.05) is 34.2 Å². The molecular formula is C34H45N3O4. The molecule has 1 N–H and O–H groups in total. The van der Waals surface area contributed by atoms with Crippen molar-refractivity contribution in [3.05, 3.63) is 76.4 Å². The van der Waals surface area contributed by atoms with Gasteiger partial charge in [0.2, 0.25) is 5.91 Å². The van der Waals surface area contributed by atoms with Crippen molar-refractivity contribution < 1.29 is 19.5 Å². The van der Waals surface area contributed by atoms with Crippen LogP contribution in [0.5, 0.6) is 0 Å². The van der Waals surface area contributed by atoms with Crippen molar-refractivity contribution in [3.63, 3.8) is 0 Å². The summed E-state index contributed by atoms with van der Waals surface area (Å²) in [6.45, 7) is 6.12. The van der Waals surface area contributed by atoms with Gasteiger partial charge in [-0.1, -0.05) is 56.2 Å². The first-order valence-electron chi connectivity index (χ1n) is 14.9. The molecule has 3 amide bonds. The Morgan fingerprint density at radius 3 is 2.41 bits per heavy atom. The summed E-state index contributed by atoms with van der Waals surface area (Å²) < 4.78 is 0. The Labute approximate surface area is 244 Å². The highest BCUT2D eigenvalue weighted by Gasteiger charge is 2.45. The first-order valence-corrected chi connectivity index (χ1v) is 14.9. The van der Waals surface area contributed by atoms with E-state index in [0.29, 0.717) is 30.6 Å². The summed E-state index contributed by atoms with van der Waals surface area (Å²) in [4.78, 5) is 41.8. The highest BCUT2D eigenvalue weighted by atomic mass is 16.3. The third kappa shape index (κ3) is 6.40. The van der Waals surface area contributed by atoms with Crippen molar-refractivity contribution in [1.29, 1.82) is 0 Å². The molecule has 2 heterocycles. The van der Waals surface area contributed by atoms with Crippen molar-refractivity contribution >= 4 is 23.3 Å². The zero-order chi connectivity index (χ0) is 29.7. The van der Waals surface area contributed by atoms with Gasteiger partial charge in [-0.25, -0.2) is 0 Å². The zero-order valence-electron chi connectivity index (χ0n) is 25.3. The summed E-state index contributed by atoms with van der Waals surface area (Å²) in [5, 5.41) is 10.5. The van der Waals surface area contributed by atoms with Crippen LogP contribution in [0, 0.1) is 5.41 Å². The second kappa shape index (κ2) is 13.0. The molecule has 5 rings (SSSR count). The van der Waals surface area contributed by atoms with Gasteiger partial charge in [-0.2, -0.15) is 0 Å². The monoisotopic (exact) mass is 559 g/mol. The predicted octanol–water partition coefficient (Wildman–Crippen LogP) is 5.17. The summed E-state index contributed by atoms with van der Waals surface area (Å²) in [5.74, 6) is 0.139. The molecule has 1 atom stereocenters. The van der Waals surface area contributed by atoms with Crippen LogP contribution in [0.25, 0.3) is 5.57 Å². The van der Waals surface area contributed by atoms with Gasteiger partial charge in [-0.05, 0) is 67.0 Å². The van der Waals surface area contributed by atoms with Gasteiger partial charge in [-0.15, -0.1) is 0 Å². The second-order valence-corrected chi connectivity index (χ2v) is 11.9. The van der Waals surface area contributed by atoms with E-state index in [2.05, 4.69) is 31.2 Å². The predicted molar refractivity (Wildman–Crippen MR) is 162 cm³/mol. The van der Waals surface area contributed by atoms with Crippen LogP contribution in [0.15, 0.2) is 48.5 Å². The SMILES string of the molecule is C/C=C(/CC(=O)N1CCC(O)C2(CCCC2)C1)c1ccccc1CC.CN(C)C(=O)c1cccc2c1CN(C)C2=O. The van der Waals surface area contributed by atoms with E-state index in [4.69, 9.17) is 0 Å². The molecule has 220 valence electrons. The van der Waals surface area contributed by atoms with E-state index in [-0.39, 0.29) is 29.2 Å². The zero-order valence-corrected chi connectivity index (χ0v) is 25.3. The van der Waals surface area contributed by atoms with Gasteiger partial charge in [0.25, 0.3) is 11.8 Å². The lowest BCUT2D eigenvalue weighted by molar-refractivity contribution is -0.138. The molecule has 1 spiro atoms. The topological polar surface area (TPSA) is 81.2 Å². The fourth-order valence-corrected chi connectivity index (χ4v) is 6.61. The van der Waals surface area contributed by atoms with Gasteiger partial charge in [0.05, 0.1) is 12.5 Å². The molecule has 3 aliphatic rings. The number of hydrogen-bond acceptors (Lipinski definition) is 4. The standard InChI is InChI=1S/C22H31NO2.C12H14N2O2/c1-3-17-9-5-6-10-19(17)18(4-2)15-21(25)23-14-11-20(24)22(16-23)12-7-8-13-22;1-13(2)11(15)8-5-4-6-9-10(8)7-14(3)12(9)16/h4-6,9-10,20,24H,3,7-8,11-16H2,1-2H3;4-6H,7H2,1-3H3/b18-4-;. The van der Waals surface area contributed by atoms with E-state index in [1.165, 1.54) is 28.9 Å². The fourth-order valence-electron chi connectivity index (χ4n) is 6.61. The summed E-state index contributed by atoms with van der Waals surface area (Å²) >= 11 is 0. The summed E-state index contributed by atoms with van der Waals surface area (Å²) in [5.41, 5.74) is 5.70. The maximum absolute atomic E-state index is 13.0. The van der Waals surface area contributed by atoms with Crippen LogP contribution in [0.1, 0.15) is 89.8 Å². The largest absolute Gasteiger partial charge is 0.392 e. The molecule has 7 heteroatoms. The van der Waals surface area contributed by atoms with Crippen LogP contribution in [0.3, 0.4) is 0 Å². The molecule has 41 heavy (non-hydrogen) atoms. The Kier molecular flexibility index (Phi) is 9.69. The number of aryl methyl sites for hydroxylation is 1. The highest BCUT2D eigenvalue weighted by molar-refractivity contribution is 6.04. The molecule has 2 aromatic carbocycles. The van der Waals surface area contributed by atoms with E-state index in [1.54, 1.807) is 44.2 Å². The summed E-state index contributed by atoms with van der Waals surface area (Å²) in [6, 6.07) is 13.7. The third-order valence-corrected chi connectivity index (χ3v) is 9.06. The van der Waals surface area contributed by atoms with E-state index in [9.17, 15) is 19.5 Å². The van der Waals surface area contributed by atoms with Gasteiger partial charge in [0, 0.05) is 57.3 Å². The number of allylic oxidation sites excluding steroid dienone is 1. The van der Waals surface area contributed by atoms with E-state index >= 15 is 0 Å². The number of aliphatic hydroxyl groups is 1. The average Bonchev–Trinajstić information content (AvgIpc) is 3.57. The number of hydrogen-bond donors (Lipinski definition) is 1. The molecule has 1 saturated carbocycles. The Bertz CT molecular complexity index is 1310. The number of amides is 3. The van der Waals surface area contributed by atoms with Crippen molar-refractivity contribution in [2.24, 2.45) is 5.41 Å². The number of fused-ring (bicyclic) bond motifs is 1. The molecule has 2 aliphatic heterocycles. The molecular weight excluding hydrogens is 514 g/mol. The number of rotatable bonds is 5. The quantitative estimate of drug-likeness (QED) is 0.548. The number of nitrogens with zero attached hydrogens (tertiary/aromatic N) is 3. The molecule has 1 unspecified atom stereocenters. The Balaban J connectivity index is 0.000000208. The van der Waals surface area contributed by atoms with Gasteiger partial charge in [0.1, 0.15) is 0 Å². The molecule has 1 aliphatic carbocycles. The van der Waals surface area contributed by atoms with Gasteiger partial charge in [-0.3, -0.25) is 14.4 Å². The van der Waals surface area contributed by atoms with Crippen molar-refractivity contribution in [1.82, 2.24) is 14.7 Å². The number of carbonyl (C=O) groups excluding carboxylic acids is 3. The summed E-state index contributed by atoms with van der Waals surface area (Å²) in [6.07, 6.45) is 8.49. The number of aliphatic hydroxyl groups excluding tert-OH is 1. The van der Waals surface area contributed by atoms with Gasteiger partial charge in [0.15, 0.2) is 0 Å². The fraction of sp³-hybridized carbons (Fsp3) is 0.500. The van der Waals surface area contributed by atoms with Crippen molar-refractivity contribution in [2.45, 2.75) is 71.4 Å². The minimum atomic E-state index is -0.235. The lowest BCUT2D eigenvalue weighted by atomic mass is 9.76. The number of benzene rings is 2. The minimum absolute atomic E-state index is 0.0107. The Hall–Kier alpha value is -3.45. The van der Waals surface area contributed by atoms with E-state index in [0.717, 1.165) is 43.4 Å². The normalized spacial score (nSPS) is 19.6. The number of piperidine rings is 1. The molecule has 0 radical (unpaired) electrons. The molecule has 7 nitrogen and oxygen atoms in total. The highest BCUT2D eigenvalue weighted by Crippen LogP contribution is 2.45. The maximum Gasteiger partial charge on any atom is 0.254 e. The smallest absolute Gasteiger partial charge is 0.254 e. The van der Waals surface area contributed by atoms with Crippen LogP contribution >= 0.6 is 0 Å². The van der Waals surface area contributed by atoms with Crippen LogP contribution in [-0.2, 0) is 17.8 Å². The molecule has 2 fully saturated rings. The second-order valence-electron chi connectivity index (χ2n) is 11.9. The Morgan fingerprint density at radius 1 is 1.07 bits per heavy atom. The van der Waals surface area contributed by atoms with Gasteiger partial charge >= 0.3 is 0 Å². The first kappa shape index (κ1) is 30.5. The third-order valence-electron chi connectivity index (χ3n) is 9.06. The van der Waals surface area contributed by atoms with Crippen LogP contribution < -0.4 is 0 Å². The van der Waals surface area contributed by atoms with Crippen molar-refractivity contribution in [3.8, 4) is 0 Å². The lowest BCUT2D eigenvalue weighted by Crippen LogP contribution is -2.52. The number of carbonyl (C=O) groups is 3. The first-order chi connectivity index (χ1) is 19.6. The minimum Gasteiger partial charge on any atom is -0.392 e. The molecule has 1 saturated heterocycles. The van der Waals surface area contributed by atoms with E-state index < -0.39 is 0 Å². The average molecular weight is 560 g/mol.